The molecule has 0 aliphatic rings. The van der Waals surface area contributed by atoms with E-state index in [0.717, 1.165) is 27.9 Å². The van der Waals surface area contributed by atoms with Gasteiger partial charge in [-0.3, -0.25) is 13.8 Å². The van der Waals surface area contributed by atoms with Crippen molar-refractivity contribution in [3.8, 4) is 0 Å². The number of nitrogens with zero attached hydrogens (tertiary/aromatic N) is 5. The standard InChI is InChI=1S/C18H14N6O2S/c25-16(26)9-23-13-7-3-4-8-14(13)24-17(23)21-22-18(24)27-10-15-19-11-5-1-2-6-12(11)20-15/h1-8H,9-10H2,(H,19,20)(H,25,26). The molecule has 8 nitrogen and oxygen atoms in total. The van der Waals surface area contributed by atoms with Gasteiger partial charge in [-0.05, 0) is 24.3 Å². The number of fused-ring (bicyclic) bond motifs is 4. The highest BCUT2D eigenvalue weighted by Gasteiger charge is 2.18. The number of hydrogen-bond donors (Lipinski definition) is 2. The quantitative estimate of drug-likeness (QED) is 0.456. The third kappa shape index (κ3) is 2.63. The molecule has 0 aliphatic carbocycles. The molecule has 0 bridgehead atoms. The number of imidazole rings is 2. The van der Waals surface area contributed by atoms with Crippen molar-refractivity contribution in [3.63, 3.8) is 0 Å². The Morgan fingerprint density at radius 3 is 2.67 bits per heavy atom. The summed E-state index contributed by atoms with van der Waals surface area (Å²) in [5.74, 6) is 1.06. The molecule has 134 valence electrons. The Kier molecular flexibility index (Phi) is 3.61. The van der Waals surface area contributed by atoms with E-state index < -0.39 is 5.97 Å². The van der Waals surface area contributed by atoms with Crippen LogP contribution >= 0.6 is 11.8 Å². The first-order valence-corrected chi connectivity index (χ1v) is 9.30. The van der Waals surface area contributed by atoms with Crippen LogP contribution in [0.25, 0.3) is 27.8 Å². The molecule has 5 aromatic rings. The number of aromatic nitrogens is 6. The smallest absolute Gasteiger partial charge is 0.323 e. The summed E-state index contributed by atoms with van der Waals surface area (Å²) >= 11 is 1.51. The normalized spacial score (nSPS) is 11.7. The Hall–Kier alpha value is -3.33. The van der Waals surface area contributed by atoms with E-state index in [1.54, 1.807) is 4.57 Å². The van der Waals surface area contributed by atoms with Gasteiger partial charge in [0.1, 0.15) is 12.4 Å². The van der Waals surface area contributed by atoms with Crippen molar-refractivity contribution >= 4 is 45.6 Å². The second kappa shape index (κ2) is 6.13. The van der Waals surface area contributed by atoms with Crippen LogP contribution in [0.3, 0.4) is 0 Å². The van der Waals surface area contributed by atoms with Gasteiger partial charge in [-0.15, -0.1) is 10.2 Å². The van der Waals surface area contributed by atoms with Crippen molar-refractivity contribution in [1.29, 1.82) is 0 Å². The maximum atomic E-state index is 11.3. The summed E-state index contributed by atoms with van der Waals surface area (Å²) in [4.78, 5) is 19.1. The number of rotatable bonds is 5. The van der Waals surface area contributed by atoms with Gasteiger partial charge in [0, 0.05) is 0 Å². The second-order valence-corrected chi connectivity index (χ2v) is 7.02. The first kappa shape index (κ1) is 15.9. The van der Waals surface area contributed by atoms with Crippen LogP contribution in [0, 0.1) is 0 Å². The number of aliphatic carboxylic acids is 1. The number of hydrogen-bond acceptors (Lipinski definition) is 5. The minimum Gasteiger partial charge on any atom is -0.480 e. The lowest BCUT2D eigenvalue weighted by molar-refractivity contribution is -0.137. The maximum absolute atomic E-state index is 11.3. The average Bonchev–Trinajstić information content (AvgIpc) is 3.34. The molecule has 2 N–H and O–H groups in total. The van der Waals surface area contributed by atoms with Gasteiger partial charge >= 0.3 is 5.97 Å². The third-order valence-corrected chi connectivity index (χ3v) is 5.28. The summed E-state index contributed by atoms with van der Waals surface area (Å²) in [5, 5.41) is 18.4. The number of H-pyrrole nitrogens is 1. The second-order valence-electron chi connectivity index (χ2n) is 6.08. The van der Waals surface area contributed by atoms with E-state index in [0.29, 0.717) is 16.7 Å². The summed E-state index contributed by atoms with van der Waals surface area (Å²) in [6.07, 6.45) is 0. The van der Waals surface area contributed by atoms with Crippen molar-refractivity contribution in [2.45, 2.75) is 17.5 Å². The minimum atomic E-state index is -0.919. The molecule has 0 saturated carbocycles. The highest BCUT2D eigenvalue weighted by atomic mass is 32.2. The lowest BCUT2D eigenvalue weighted by atomic mass is 10.3. The van der Waals surface area contributed by atoms with E-state index in [2.05, 4.69) is 20.2 Å². The summed E-state index contributed by atoms with van der Waals surface area (Å²) in [6, 6.07) is 15.5. The topological polar surface area (TPSA) is 101 Å². The predicted octanol–water partition coefficient (Wildman–Crippen LogP) is 2.94. The van der Waals surface area contributed by atoms with Crippen molar-refractivity contribution in [2.75, 3.05) is 0 Å². The monoisotopic (exact) mass is 378 g/mol. The van der Waals surface area contributed by atoms with Crippen LogP contribution in [-0.2, 0) is 17.1 Å². The van der Waals surface area contributed by atoms with Crippen molar-refractivity contribution in [2.24, 2.45) is 0 Å². The first-order valence-electron chi connectivity index (χ1n) is 8.31. The number of carboxylic acids is 1. The zero-order valence-electron chi connectivity index (χ0n) is 14.0. The Bertz CT molecular complexity index is 1270. The summed E-state index contributed by atoms with van der Waals surface area (Å²) < 4.78 is 3.56. The van der Waals surface area contributed by atoms with Crippen LogP contribution in [-0.4, -0.2) is 40.2 Å². The van der Waals surface area contributed by atoms with Crippen LogP contribution in [0.4, 0.5) is 0 Å². The molecule has 0 fully saturated rings. The molecular formula is C18H14N6O2S. The molecule has 0 amide bonds. The van der Waals surface area contributed by atoms with Gasteiger partial charge in [0.15, 0.2) is 5.16 Å². The molecule has 0 radical (unpaired) electrons. The summed E-state index contributed by atoms with van der Waals surface area (Å²) in [5.41, 5.74) is 3.62. The fourth-order valence-electron chi connectivity index (χ4n) is 3.23. The lowest BCUT2D eigenvalue weighted by Crippen LogP contribution is -2.08. The molecule has 0 spiro atoms. The molecule has 2 aromatic carbocycles. The molecular weight excluding hydrogens is 364 g/mol. The maximum Gasteiger partial charge on any atom is 0.323 e. The number of thioether (sulfide) groups is 1. The Labute approximate surface area is 156 Å². The van der Waals surface area contributed by atoms with Gasteiger partial charge in [0.05, 0.1) is 27.8 Å². The van der Waals surface area contributed by atoms with Gasteiger partial charge in [0.25, 0.3) is 0 Å². The predicted molar refractivity (Wildman–Crippen MR) is 102 cm³/mol. The zero-order chi connectivity index (χ0) is 18.4. The fourth-order valence-corrected chi connectivity index (χ4v) is 4.04. The Balaban J connectivity index is 1.54. The first-order chi connectivity index (χ1) is 13.2. The van der Waals surface area contributed by atoms with E-state index in [1.807, 2.05) is 52.9 Å². The Morgan fingerprint density at radius 2 is 1.85 bits per heavy atom. The number of carboxylic acid groups (broad SMARTS) is 1. The lowest BCUT2D eigenvalue weighted by Gasteiger charge is -1.99. The molecule has 0 aliphatic heterocycles. The van der Waals surface area contributed by atoms with Gasteiger partial charge < -0.3 is 10.1 Å². The van der Waals surface area contributed by atoms with E-state index in [4.69, 9.17) is 0 Å². The zero-order valence-corrected chi connectivity index (χ0v) is 14.8. The van der Waals surface area contributed by atoms with E-state index in [9.17, 15) is 9.90 Å². The number of aromatic amines is 1. The summed E-state index contributed by atoms with van der Waals surface area (Å²) in [6.45, 7) is -0.163. The number of carbonyl (C=O) groups is 1. The van der Waals surface area contributed by atoms with E-state index in [-0.39, 0.29) is 6.54 Å². The fraction of sp³-hybridized carbons (Fsp3) is 0.111. The largest absolute Gasteiger partial charge is 0.480 e. The van der Waals surface area contributed by atoms with Crippen molar-refractivity contribution < 1.29 is 9.90 Å². The molecule has 9 heteroatoms. The van der Waals surface area contributed by atoms with Crippen molar-refractivity contribution in [1.82, 2.24) is 29.1 Å². The van der Waals surface area contributed by atoms with Crippen LogP contribution in [0.2, 0.25) is 0 Å². The molecule has 3 heterocycles. The average molecular weight is 378 g/mol. The highest BCUT2D eigenvalue weighted by Crippen LogP contribution is 2.27. The van der Waals surface area contributed by atoms with Gasteiger partial charge in [-0.25, -0.2) is 4.98 Å². The van der Waals surface area contributed by atoms with Gasteiger partial charge in [-0.2, -0.15) is 0 Å². The Morgan fingerprint density at radius 1 is 1.07 bits per heavy atom. The number of benzene rings is 2. The molecule has 0 atom stereocenters. The third-order valence-electron chi connectivity index (χ3n) is 4.34. The SMILES string of the molecule is O=C(O)Cn1c2ccccc2n2c(SCc3nc4ccccc4[nH]3)nnc12. The molecule has 27 heavy (non-hydrogen) atoms. The van der Waals surface area contributed by atoms with E-state index in [1.165, 1.54) is 11.8 Å². The van der Waals surface area contributed by atoms with E-state index >= 15 is 0 Å². The van der Waals surface area contributed by atoms with Crippen LogP contribution < -0.4 is 0 Å². The molecule has 0 unspecified atom stereocenters. The van der Waals surface area contributed by atoms with Gasteiger partial charge in [-0.1, -0.05) is 36.0 Å². The van der Waals surface area contributed by atoms with Crippen LogP contribution in [0.1, 0.15) is 5.82 Å². The van der Waals surface area contributed by atoms with Gasteiger partial charge in [0.2, 0.25) is 5.78 Å². The van der Waals surface area contributed by atoms with Crippen LogP contribution in [0.15, 0.2) is 53.7 Å². The molecule has 3 aromatic heterocycles. The van der Waals surface area contributed by atoms with Crippen molar-refractivity contribution in [3.05, 3.63) is 54.4 Å². The summed E-state index contributed by atoms with van der Waals surface area (Å²) in [7, 11) is 0. The number of nitrogens with one attached hydrogen (secondary N) is 1. The number of para-hydroxylation sites is 4. The van der Waals surface area contributed by atoms with Crippen LogP contribution in [0.5, 0.6) is 0 Å². The minimum absolute atomic E-state index is 0.163. The molecule has 0 saturated heterocycles. The molecule has 5 rings (SSSR count). The highest BCUT2D eigenvalue weighted by molar-refractivity contribution is 7.98.